The number of benzene rings is 1. The molecule has 0 bridgehead atoms. The molecule has 0 fully saturated rings. The van der Waals surface area contributed by atoms with E-state index in [9.17, 15) is 0 Å². The van der Waals surface area contributed by atoms with Gasteiger partial charge in [0.15, 0.2) is 5.96 Å². The molecule has 2 rings (SSSR count). The highest BCUT2D eigenvalue weighted by molar-refractivity contribution is 7.13. The van der Waals surface area contributed by atoms with E-state index < -0.39 is 0 Å². The minimum absolute atomic E-state index is 0. The molecule has 8 heteroatoms. The summed E-state index contributed by atoms with van der Waals surface area (Å²) in [6.45, 7) is 0. The zero-order valence-electron chi connectivity index (χ0n) is 9.85. The summed E-state index contributed by atoms with van der Waals surface area (Å²) in [6, 6.07) is 9.80. The first-order valence-electron chi connectivity index (χ1n) is 5.10. The van der Waals surface area contributed by atoms with E-state index in [0.717, 1.165) is 11.3 Å². The van der Waals surface area contributed by atoms with Gasteiger partial charge < -0.3 is 17.2 Å². The van der Waals surface area contributed by atoms with Crippen molar-refractivity contribution in [2.45, 2.75) is 0 Å². The lowest BCUT2D eigenvalue weighted by molar-refractivity contribution is 1.32. The molecule has 1 aromatic carbocycles. The Morgan fingerprint density at radius 1 is 1.11 bits per heavy atom. The zero-order valence-corrected chi connectivity index (χ0v) is 11.5. The van der Waals surface area contributed by atoms with Crippen LogP contribution in [0.15, 0.2) is 45.7 Å². The zero-order chi connectivity index (χ0) is 13.0. The first-order chi connectivity index (χ1) is 8.65. The second-order valence-corrected chi connectivity index (χ2v) is 4.22. The smallest absolute Gasteiger partial charge is 0.225 e. The number of halogens is 1. The Morgan fingerprint density at radius 2 is 1.79 bits per heavy atom. The Labute approximate surface area is 120 Å². The minimum atomic E-state index is -0.129. The van der Waals surface area contributed by atoms with Crippen molar-refractivity contribution in [3.63, 3.8) is 0 Å². The van der Waals surface area contributed by atoms with E-state index in [1.807, 2.05) is 35.7 Å². The standard InChI is InChI=1S/C11H12N6S.ClH/c12-9(13)16-10(14)17-11-15-8(6-18-11)7-4-2-1-3-5-7;/h1-6H,(H6,12,13,14,15,16,17);1H. The van der Waals surface area contributed by atoms with E-state index >= 15 is 0 Å². The van der Waals surface area contributed by atoms with Crippen LogP contribution in [0.25, 0.3) is 11.3 Å². The summed E-state index contributed by atoms with van der Waals surface area (Å²) in [5.41, 5.74) is 17.8. The Hall–Kier alpha value is -2.12. The van der Waals surface area contributed by atoms with Crippen LogP contribution in [0.3, 0.4) is 0 Å². The van der Waals surface area contributed by atoms with Gasteiger partial charge in [-0.1, -0.05) is 30.3 Å². The molecule has 1 aromatic heterocycles. The Bertz CT molecular complexity index is 588. The molecule has 0 radical (unpaired) electrons. The summed E-state index contributed by atoms with van der Waals surface area (Å²) in [7, 11) is 0. The van der Waals surface area contributed by atoms with Crippen LogP contribution in [0.2, 0.25) is 0 Å². The van der Waals surface area contributed by atoms with E-state index in [0.29, 0.717) is 5.13 Å². The normalized spacial score (nSPS) is 10.6. The number of hydrogen-bond donors (Lipinski definition) is 3. The average Bonchev–Trinajstić information content (AvgIpc) is 2.77. The monoisotopic (exact) mass is 296 g/mol. The van der Waals surface area contributed by atoms with Gasteiger partial charge in [0.1, 0.15) is 0 Å². The summed E-state index contributed by atoms with van der Waals surface area (Å²) in [4.78, 5) is 11.9. The van der Waals surface area contributed by atoms with E-state index in [-0.39, 0.29) is 24.3 Å². The van der Waals surface area contributed by atoms with Gasteiger partial charge in [-0.05, 0) is 0 Å². The van der Waals surface area contributed by atoms with Crippen molar-refractivity contribution in [3.8, 4) is 11.3 Å². The molecule has 0 spiro atoms. The fourth-order valence-electron chi connectivity index (χ4n) is 1.31. The van der Waals surface area contributed by atoms with Crippen LogP contribution in [-0.2, 0) is 0 Å². The number of hydrogen-bond acceptors (Lipinski definition) is 3. The molecule has 6 nitrogen and oxygen atoms in total. The molecule has 0 aliphatic rings. The van der Waals surface area contributed by atoms with Crippen molar-refractivity contribution in [3.05, 3.63) is 35.7 Å². The molecular formula is C11H13ClN6S. The van der Waals surface area contributed by atoms with Crippen LogP contribution < -0.4 is 17.2 Å². The van der Waals surface area contributed by atoms with Gasteiger partial charge in [-0.2, -0.15) is 9.98 Å². The van der Waals surface area contributed by atoms with Gasteiger partial charge >= 0.3 is 0 Å². The molecule has 0 unspecified atom stereocenters. The second kappa shape index (κ2) is 6.72. The quantitative estimate of drug-likeness (QED) is 0.574. The molecule has 2 aromatic rings. The summed E-state index contributed by atoms with van der Waals surface area (Å²) < 4.78 is 0. The van der Waals surface area contributed by atoms with E-state index in [1.54, 1.807) is 0 Å². The van der Waals surface area contributed by atoms with Gasteiger partial charge in [-0.25, -0.2) is 4.98 Å². The molecule has 0 aliphatic carbocycles. The van der Waals surface area contributed by atoms with E-state index in [1.165, 1.54) is 11.3 Å². The van der Waals surface area contributed by atoms with Crippen molar-refractivity contribution < 1.29 is 0 Å². The molecule has 0 saturated heterocycles. The highest BCUT2D eigenvalue weighted by Crippen LogP contribution is 2.26. The lowest BCUT2D eigenvalue weighted by Crippen LogP contribution is -2.26. The van der Waals surface area contributed by atoms with Crippen LogP contribution in [0.5, 0.6) is 0 Å². The average molecular weight is 297 g/mol. The summed E-state index contributed by atoms with van der Waals surface area (Å²) in [5.74, 6) is -0.139. The third kappa shape index (κ3) is 4.23. The van der Waals surface area contributed by atoms with Gasteiger partial charge in [0.05, 0.1) is 5.69 Å². The summed E-state index contributed by atoms with van der Waals surface area (Å²) in [5, 5.41) is 2.41. The molecule has 1 heterocycles. The molecule has 0 aliphatic heterocycles. The first-order valence-corrected chi connectivity index (χ1v) is 5.98. The van der Waals surface area contributed by atoms with Crippen LogP contribution in [0.4, 0.5) is 5.13 Å². The number of aliphatic imine (C=N–C) groups is 2. The van der Waals surface area contributed by atoms with Crippen LogP contribution in [0, 0.1) is 0 Å². The van der Waals surface area contributed by atoms with Crippen LogP contribution in [0.1, 0.15) is 0 Å². The predicted molar refractivity (Wildman–Crippen MR) is 81.9 cm³/mol. The number of nitrogens with zero attached hydrogens (tertiary/aromatic N) is 3. The SMILES string of the molecule is Cl.NC(N)=N/C(N)=N/c1nc(-c2ccccc2)cs1. The lowest BCUT2D eigenvalue weighted by Gasteiger charge is -1.94. The van der Waals surface area contributed by atoms with Gasteiger partial charge in [-0.15, -0.1) is 23.7 Å². The molecule has 0 amide bonds. The van der Waals surface area contributed by atoms with Crippen molar-refractivity contribution in [2.24, 2.45) is 27.2 Å². The predicted octanol–water partition coefficient (Wildman–Crippen LogP) is 1.45. The summed E-state index contributed by atoms with van der Waals surface area (Å²) >= 11 is 1.37. The fourth-order valence-corrected chi connectivity index (χ4v) is 2.02. The maximum absolute atomic E-state index is 5.52. The number of aromatic nitrogens is 1. The molecule has 100 valence electrons. The van der Waals surface area contributed by atoms with Gasteiger partial charge in [0, 0.05) is 10.9 Å². The van der Waals surface area contributed by atoms with Crippen molar-refractivity contribution in [1.29, 1.82) is 0 Å². The van der Waals surface area contributed by atoms with Gasteiger partial charge in [0.2, 0.25) is 11.1 Å². The number of guanidine groups is 2. The Kier molecular flexibility index (Phi) is 5.28. The topological polar surface area (TPSA) is 116 Å². The van der Waals surface area contributed by atoms with Crippen molar-refractivity contribution in [1.82, 2.24) is 4.98 Å². The number of nitrogens with two attached hydrogens (primary N) is 3. The first kappa shape index (κ1) is 14.9. The second-order valence-electron chi connectivity index (χ2n) is 3.39. The van der Waals surface area contributed by atoms with E-state index in [4.69, 9.17) is 17.2 Å². The third-order valence-corrected chi connectivity index (χ3v) is 2.75. The maximum Gasteiger partial charge on any atom is 0.225 e. The molecule has 6 N–H and O–H groups in total. The van der Waals surface area contributed by atoms with Crippen molar-refractivity contribution in [2.75, 3.05) is 0 Å². The summed E-state index contributed by atoms with van der Waals surface area (Å²) in [6.07, 6.45) is 0. The Balaban J connectivity index is 0.00000180. The highest BCUT2D eigenvalue weighted by Gasteiger charge is 2.03. The van der Waals surface area contributed by atoms with Gasteiger partial charge in [0.25, 0.3) is 0 Å². The molecular weight excluding hydrogens is 284 g/mol. The molecule has 0 saturated carbocycles. The van der Waals surface area contributed by atoms with Crippen LogP contribution in [-0.4, -0.2) is 16.9 Å². The van der Waals surface area contributed by atoms with Crippen molar-refractivity contribution >= 4 is 40.8 Å². The fraction of sp³-hybridized carbons (Fsp3) is 0. The largest absolute Gasteiger partial charge is 0.370 e. The maximum atomic E-state index is 5.52. The number of rotatable bonds is 2. The van der Waals surface area contributed by atoms with E-state index in [2.05, 4.69) is 15.0 Å². The minimum Gasteiger partial charge on any atom is -0.370 e. The lowest BCUT2D eigenvalue weighted by atomic mass is 10.2. The number of thiazole rings is 1. The van der Waals surface area contributed by atoms with Gasteiger partial charge in [-0.3, -0.25) is 0 Å². The molecule has 0 atom stereocenters. The van der Waals surface area contributed by atoms with Crippen LogP contribution >= 0.6 is 23.7 Å². The third-order valence-electron chi connectivity index (χ3n) is 2.02. The highest BCUT2D eigenvalue weighted by atomic mass is 35.5. The Morgan fingerprint density at radius 3 is 2.42 bits per heavy atom. The molecule has 19 heavy (non-hydrogen) atoms.